The minimum Gasteiger partial charge on any atom is -0.352 e. The van der Waals surface area contributed by atoms with Gasteiger partial charge in [-0.2, -0.15) is 0 Å². The number of rotatable bonds is 8. The Balaban J connectivity index is 1.56. The van der Waals surface area contributed by atoms with E-state index in [-0.39, 0.29) is 17.9 Å². The van der Waals surface area contributed by atoms with E-state index in [1.54, 1.807) is 18.5 Å². The van der Waals surface area contributed by atoms with Crippen LogP contribution in [0.15, 0.2) is 36.7 Å². The molecule has 1 aliphatic rings. The molecule has 1 saturated heterocycles. The summed E-state index contributed by atoms with van der Waals surface area (Å²) >= 11 is 0. The van der Waals surface area contributed by atoms with Crippen LogP contribution in [0.25, 0.3) is 11.4 Å². The highest BCUT2D eigenvalue weighted by molar-refractivity contribution is 6.00. The molecule has 3 rings (SSSR count). The summed E-state index contributed by atoms with van der Waals surface area (Å²) in [5.41, 5.74) is 1.38. The van der Waals surface area contributed by atoms with Crippen molar-refractivity contribution < 1.29 is 9.59 Å². The number of imidazole rings is 1. The topological polar surface area (TPSA) is 81.3 Å². The molecule has 0 unspecified atom stereocenters. The van der Waals surface area contributed by atoms with Crippen LogP contribution in [0.5, 0.6) is 0 Å². The van der Waals surface area contributed by atoms with Gasteiger partial charge in [0.15, 0.2) is 0 Å². The van der Waals surface area contributed by atoms with Gasteiger partial charge in [-0.1, -0.05) is 18.2 Å². The van der Waals surface area contributed by atoms with E-state index in [2.05, 4.69) is 20.2 Å². The number of aromatic nitrogens is 2. The van der Waals surface area contributed by atoms with Crippen LogP contribution >= 0.6 is 0 Å². The van der Waals surface area contributed by atoms with Gasteiger partial charge in [-0.25, -0.2) is 4.98 Å². The Morgan fingerprint density at radius 2 is 2.19 bits per heavy atom. The molecule has 0 bridgehead atoms. The number of carbonyl (C=O) groups excluding carboxylic acids is 2. The van der Waals surface area contributed by atoms with E-state index >= 15 is 0 Å². The van der Waals surface area contributed by atoms with Gasteiger partial charge in [0.05, 0.1) is 5.56 Å². The number of H-pyrrole nitrogens is 1. The third kappa shape index (κ3) is 4.74. The lowest BCUT2D eigenvalue weighted by molar-refractivity contribution is -0.129. The van der Waals surface area contributed by atoms with Crippen LogP contribution in [0.1, 0.15) is 29.6 Å². The van der Waals surface area contributed by atoms with Crippen molar-refractivity contribution in [2.75, 3.05) is 33.7 Å². The highest BCUT2D eigenvalue weighted by Crippen LogP contribution is 2.22. The van der Waals surface area contributed by atoms with Gasteiger partial charge in [0, 0.05) is 50.1 Å². The molecule has 1 fully saturated rings. The highest BCUT2D eigenvalue weighted by Gasteiger charge is 2.30. The number of nitrogens with zero attached hydrogens (tertiary/aromatic N) is 3. The Labute approximate surface area is 159 Å². The van der Waals surface area contributed by atoms with Crippen molar-refractivity contribution in [3.63, 3.8) is 0 Å². The van der Waals surface area contributed by atoms with Gasteiger partial charge >= 0.3 is 0 Å². The van der Waals surface area contributed by atoms with E-state index in [4.69, 9.17) is 0 Å². The molecule has 2 heterocycles. The van der Waals surface area contributed by atoms with Gasteiger partial charge < -0.3 is 20.1 Å². The monoisotopic (exact) mass is 369 g/mol. The first-order chi connectivity index (χ1) is 13.1. The number of amides is 2. The molecule has 2 amide bonds. The maximum absolute atomic E-state index is 12.7. The maximum atomic E-state index is 12.7. The molecule has 1 aromatic heterocycles. The fourth-order valence-corrected chi connectivity index (χ4v) is 3.46. The number of carbonyl (C=O) groups is 2. The number of likely N-dealkylation sites (tertiary alicyclic amines) is 1. The number of hydrogen-bond acceptors (Lipinski definition) is 4. The Morgan fingerprint density at radius 3 is 2.93 bits per heavy atom. The first-order valence-corrected chi connectivity index (χ1v) is 9.37. The van der Waals surface area contributed by atoms with E-state index in [0.29, 0.717) is 24.4 Å². The Hall–Kier alpha value is -2.67. The van der Waals surface area contributed by atoms with Crippen LogP contribution in [-0.2, 0) is 4.79 Å². The fraction of sp³-hybridized carbons (Fsp3) is 0.450. The summed E-state index contributed by atoms with van der Waals surface area (Å²) in [5.74, 6) is 0.777. The zero-order valence-corrected chi connectivity index (χ0v) is 15.9. The summed E-state index contributed by atoms with van der Waals surface area (Å²) < 4.78 is 0. The average molecular weight is 369 g/mol. The molecular formula is C20H27N5O2. The van der Waals surface area contributed by atoms with Crippen LogP contribution in [0.2, 0.25) is 0 Å². The van der Waals surface area contributed by atoms with Crippen LogP contribution < -0.4 is 5.32 Å². The number of aromatic amines is 1. The SMILES string of the molecule is CN(C)CCN1C(=O)CC[C@@H]1CCNC(=O)c1ccccc1-c1ncc[nH]1. The molecular weight excluding hydrogens is 342 g/mol. The molecule has 2 N–H and O–H groups in total. The predicted molar refractivity (Wildman–Crippen MR) is 104 cm³/mol. The molecule has 1 atom stereocenters. The normalized spacial score (nSPS) is 16.9. The average Bonchev–Trinajstić information content (AvgIpc) is 3.30. The van der Waals surface area contributed by atoms with E-state index in [0.717, 1.165) is 31.5 Å². The minimum absolute atomic E-state index is 0.119. The van der Waals surface area contributed by atoms with Gasteiger partial charge in [-0.15, -0.1) is 0 Å². The molecule has 1 aliphatic heterocycles. The minimum atomic E-state index is -0.119. The van der Waals surface area contributed by atoms with E-state index in [1.807, 2.05) is 37.2 Å². The van der Waals surface area contributed by atoms with Gasteiger partial charge in [0.2, 0.25) is 5.91 Å². The van der Waals surface area contributed by atoms with Crippen molar-refractivity contribution in [2.24, 2.45) is 0 Å². The third-order valence-electron chi connectivity index (χ3n) is 4.93. The number of likely N-dealkylation sites (N-methyl/N-ethyl adjacent to an activating group) is 1. The van der Waals surface area contributed by atoms with Crippen molar-refractivity contribution >= 4 is 11.8 Å². The van der Waals surface area contributed by atoms with Crippen LogP contribution in [0, 0.1) is 0 Å². The molecule has 0 spiro atoms. The number of nitrogens with one attached hydrogen (secondary N) is 2. The fourth-order valence-electron chi connectivity index (χ4n) is 3.46. The first kappa shape index (κ1) is 19.1. The highest BCUT2D eigenvalue weighted by atomic mass is 16.2. The van der Waals surface area contributed by atoms with E-state index in [1.165, 1.54) is 0 Å². The van der Waals surface area contributed by atoms with Gasteiger partial charge in [-0.05, 0) is 33.0 Å². The summed E-state index contributed by atoms with van der Waals surface area (Å²) in [6.07, 6.45) is 5.65. The zero-order valence-electron chi connectivity index (χ0n) is 15.9. The summed E-state index contributed by atoms with van der Waals surface area (Å²) in [7, 11) is 4.01. The van der Waals surface area contributed by atoms with Crippen LogP contribution in [-0.4, -0.2) is 71.4 Å². The van der Waals surface area contributed by atoms with Crippen molar-refractivity contribution in [1.82, 2.24) is 25.1 Å². The summed E-state index contributed by atoms with van der Waals surface area (Å²) in [6, 6.07) is 7.63. The van der Waals surface area contributed by atoms with Gasteiger partial charge in [-0.3, -0.25) is 9.59 Å². The molecule has 0 radical (unpaired) electrons. The van der Waals surface area contributed by atoms with E-state index < -0.39 is 0 Å². The first-order valence-electron chi connectivity index (χ1n) is 9.37. The Morgan fingerprint density at radius 1 is 1.37 bits per heavy atom. The molecule has 27 heavy (non-hydrogen) atoms. The lowest BCUT2D eigenvalue weighted by Gasteiger charge is -2.26. The van der Waals surface area contributed by atoms with Crippen molar-refractivity contribution in [3.8, 4) is 11.4 Å². The van der Waals surface area contributed by atoms with Crippen LogP contribution in [0.3, 0.4) is 0 Å². The number of hydrogen-bond donors (Lipinski definition) is 2. The summed E-state index contributed by atoms with van der Waals surface area (Å²) in [6.45, 7) is 2.14. The van der Waals surface area contributed by atoms with Gasteiger partial charge in [0.25, 0.3) is 5.91 Å². The molecule has 7 heteroatoms. The standard InChI is InChI=1S/C20H27N5O2/c1-24(2)13-14-25-15(7-8-18(25)26)9-10-23-20(27)17-6-4-3-5-16(17)19-21-11-12-22-19/h3-6,11-12,15H,7-10,13-14H2,1-2H3,(H,21,22)(H,23,27)/t15-/m1/s1. The second-order valence-corrected chi connectivity index (χ2v) is 7.11. The number of benzene rings is 1. The largest absolute Gasteiger partial charge is 0.352 e. The van der Waals surface area contributed by atoms with Crippen molar-refractivity contribution in [3.05, 3.63) is 42.2 Å². The summed E-state index contributed by atoms with van der Waals surface area (Å²) in [5, 5.41) is 3.00. The predicted octanol–water partition coefficient (Wildman–Crippen LogP) is 1.75. The molecule has 0 saturated carbocycles. The Kier molecular flexibility index (Phi) is 6.24. The molecule has 144 valence electrons. The van der Waals surface area contributed by atoms with Crippen molar-refractivity contribution in [1.29, 1.82) is 0 Å². The van der Waals surface area contributed by atoms with E-state index in [9.17, 15) is 9.59 Å². The van der Waals surface area contributed by atoms with Crippen molar-refractivity contribution in [2.45, 2.75) is 25.3 Å². The smallest absolute Gasteiger partial charge is 0.252 e. The maximum Gasteiger partial charge on any atom is 0.252 e. The second kappa shape index (κ2) is 8.81. The third-order valence-corrected chi connectivity index (χ3v) is 4.93. The molecule has 7 nitrogen and oxygen atoms in total. The molecule has 0 aliphatic carbocycles. The quantitative estimate of drug-likeness (QED) is 0.743. The molecule has 2 aromatic rings. The summed E-state index contributed by atoms with van der Waals surface area (Å²) in [4.78, 5) is 36.1. The Bertz CT molecular complexity index is 772. The lowest BCUT2D eigenvalue weighted by atomic mass is 10.1. The lowest BCUT2D eigenvalue weighted by Crippen LogP contribution is -2.40. The van der Waals surface area contributed by atoms with Crippen LogP contribution in [0.4, 0.5) is 0 Å². The molecule has 1 aromatic carbocycles. The zero-order chi connectivity index (χ0) is 19.2. The van der Waals surface area contributed by atoms with Gasteiger partial charge in [0.1, 0.15) is 5.82 Å². The second-order valence-electron chi connectivity index (χ2n) is 7.11.